The van der Waals surface area contributed by atoms with E-state index < -0.39 is 10.2 Å². The summed E-state index contributed by atoms with van der Waals surface area (Å²) < 4.78 is 43.2. The van der Waals surface area contributed by atoms with Gasteiger partial charge in [0.05, 0.1) is 38.3 Å². The third-order valence-corrected chi connectivity index (χ3v) is 7.45. The van der Waals surface area contributed by atoms with E-state index in [9.17, 15) is 0 Å². The fraction of sp³-hybridized carbons (Fsp3) is 0.0714. The number of hydrogen-bond donors (Lipinski definition) is 0. The summed E-state index contributed by atoms with van der Waals surface area (Å²) in [5, 5.41) is 2.31. The second kappa shape index (κ2) is 10.6. The van der Waals surface area contributed by atoms with E-state index >= 15 is 0 Å². The van der Waals surface area contributed by atoms with Gasteiger partial charge in [0.1, 0.15) is 0 Å². The monoisotopic (exact) mass is 547 g/mol. The van der Waals surface area contributed by atoms with Crippen LogP contribution in [0.2, 0.25) is 0 Å². The summed E-state index contributed by atoms with van der Waals surface area (Å²) >= 11 is 1.78. The number of aromatic nitrogens is 4. The molecule has 4 aromatic heterocycles. The van der Waals surface area contributed by atoms with Crippen molar-refractivity contribution in [2.45, 2.75) is 10.3 Å². The minimum Gasteiger partial charge on any atom is -0.222 e. The van der Waals surface area contributed by atoms with E-state index in [-0.39, 0.29) is 0 Å². The van der Waals surface area contributed by atoms with E-state index in [0.29, 0.717) is 0 Å². The normalized spacial score (nSPS) is 11.5. The summed E-state index contributed by atoms with van der Waals surface area (Å²) in [6, 6.07) is 34.0. The van der Waals surface area contributed by atoms with Crippen LogP contribution in [0.15, 0.2) is 120 Å². The third-order valence-electron chi connectivity index (χ3n) is 6.14. The molecule has 6 aromatic rings. The molecule has 0 atom stereocenters. The molecule has 192 valence electrons. The van der Waals surface area contributed by atoms with Crippen LogP contribution < -0.4 is 27.8 Å². The lowest BCUT2D eigenvalue weighted by molar-refractivity contribution is -2.00. The number of imidazole rings is 2. The van der Waals surface area contributed by atoms with Gasteiger partial charge in [0.25, 0.3) is 0 Å². The highest BCUT2D eigenvalue weighted by molar-refractivity contribution is 7.98. The van der Waals surface area contributed by atoms with Crippen molar-refractivity contribution in [1.29, 1.82) is 0 Å². The molecule has 4 heterocycles. The van der Waals surface area contributed by atoms with Crippen LogP contribution in [0, 0.1) is 10.2 Å². The quantitative estimate of drug-likeness (QED) is 0.300. The maximum absolute atomic E-state index is 8.49. The topological polar surface area (TPSA) is 109 Å². The fourth-order valence-corrected chi connectivity index (χ4v) is 5.79. The molecule has 0 spiro atoms. The van der Waals surface area contributed by atoms with Crippen LogP contribution in [0.5, 0.6) is 0 Å². The lowest BCUT2D eigenvalue weighted by atomic mass is 10.1. The average Bonchev–Trinajstić information content (AvgIpc) is 3.34. The van der Waals surface area contributed by atoms with Crippen LogP contribution in [0.4, 0.5) is 0 Å². The summed E-state index contributed by atoms with van der Waals surface area (Å²) in [6.45, 7) is 0. The van der Waals surface area contributed by atoms with Crippen LogP contribution >= 0.6 is 11.8 Å². The fourth-order valence-electron chi connectivity index (χ4n) is 4.66. The van der Waals surface area contributed by atoms with Crippen LogP contribution in [0.1, 0.15) is 0 Å². The largest absolute Gasteiger partial charge is 0.335 e. The first kappa shape index (κ1) is 25.9. The molecule has 0 radical (unpaired) electrons. The van der Waals surface area contributed by atoms with Crippen molar-refractivity contribution in [3.05, 3.63) is 109 Å². The highest BCUT2D eigenvalue weighted by atomic mass is 35.7. The van der Waals surface area contributed by atoms with Crippen LogP contribution in [-0.4, -0.2) is 8.80 Å². The number of rotatable bonds is 4. The van der Waals surface area contributed by atoms with Gasteiger partial charge in [0.15, 0.2) is 22.4 Å². The van der Waals surface area contributed by atoms with Crippen molar-refractivity contribution in [3.8, 4) is 22.5 Å². The minimum absolute atomic E-state index is 1.16. The zero-order valence-corrected chi connectivity index (χ0v) is 22.2. The number of nitrogens with zero attached hydrogens (tertiary/aromatic N) is 4. The van der Waals surface area contributed by atoms with Crippen LogP contribution in [-0.2, 0) is 14.1 Å². The molecular formula is C28H24ClN4O4S+. The van der Waals surface area contributed by atoms with Crippen molar-refractivity contribution in [2.24, 2.45) is 14.1 Å². The van der Waals surface area contributed by atoms with Gasteiger partial charge in [-0.1, -0.05) is 72.8 Å². The number of pyridine rings is 2. The Bertz CT molecular complexity index is 1590. The van der Waals surface area contributed by atoms with Gasteiger partial charge in [-0.2, -0.15) is 8.80 Å². The predicted molar refractivity (Wildman–Crippen MR) is 132 cm³/mol. The van der Waals surface area contributed by atoms with Crippen molar-refractivity contribution in [3.63, 3.8) is 0 Å². The maximum atomic E-state index is 8.49. The first-order chi connectivity index (χ1) is 18.2. The summed E-state index contributed by atoms with van der Waals surface area (Å²) in [5.74, 6) is 0. The molecule has 0 saturated carbocycles. The van der Waals surface area contributed by atoms with Crippen molar-refractivity contribution in [2.75, 3.05) is 0 Å². The molecule has 2 aromatic carbocycles. The van der Waals surface area contributed by atoms with E-state index in [1.165, 1.54) is 33.5 Å². The molecule has 0 aliphatic rings. The molecule has 0 amide bonds. The number of benzene rings is 2. The lowest BCUT2D eigenvalue weighted by Gasteiger charge is -2.17. The van der Waals surface area contributed by atoms with E-state index in [4.69, 9.17) is 18.6 Å². The molecule has 0 fully saturated rings. The molecule has 0 saturated heterocycles. The number of halogens is 1. The van der Waals surface area contributed by atoms with E-state index in [0.717, 1.165) is 10.3 Å². The van der Waals surface area contributed by atoms with Crippen molar-refractivity contribution < 1.29 is 38.0 Å². The highest BCUT2D eigenvalue weighted by Gasteiger charge is 2.32. The van der Waals surface area contributed by atoms with Crippen molar-refractivity contribution >= 4 is 22.8 Å². The molecule has 0 aliphatic carbocycles. The first-order valence-electron chi connectivity index (χ1n) is 11.6. The summed E-state index contributed by atoms with van der Waals surface area (Å²) in [4.78, 5) is 0. The highest BCUT2D eigenvalue weighted by Crippen LogP contribution is 2.33. The molecule has 0 N–H and O–H groups in total. The minimum atomic E-state index is -4.94. The Kier molecular flexibility index (Phi) is 7.22. The molecular weight excluding hydrogens is 524 g/mol. The predicted octanol–water partition coefficient (Wildman–Crippen LogP) is 0.570. The van der Waals surface area contributed by atoms with E-state index in [1.54, 1.807) is 11.8 Å². The standard InChI is InChI=1S/C28H24N4S.ClHO4/c1-29-25(21-13-5-3-6-14-21)23-17-9-11-19-31(23)27(29)33-28-30(2)26(22-15-7-4-8-16-22)24-18-10-12-20-32(24)28;2-1(3,4)5/h3-20H,1-2H3;(H,2,3,4,5)/q+2;/p-1. The number of fused-ring (bicyclic) bond motifs is 2. The molecule has 10 heteroatoms. The van der Waals surface area contributed by atoms with Gasteiger partial charge in [0, 0.05) is 11.1 Å². The molecule has 0 bridgehead atoms. The zero-order chi connectivity index (χ0) is 26.9. The van der Waals surface area contributed by atoms with E-state index in [1.807, 2.05) is 0 Å². The Hall–Kier alpha value is -3.70. The van der Waals surface area contributed by atoms with Gasteiger partial charge in [-0.25, -0.2) is 27.8 Å². The summed E-state index contributed by atoms with van der Waals surface area (Å²) in [5.41, 5.74) is 7.24. The Morgan fingerprint density at radius 1 is 0.553 bits per heavy atom. The molecule has 38 heavy (non-hydrogen) atoms. The van der Waals surface area contributed by atoms with Crippen molar-refractivity contribution in [1.82, 2.24) is 8.80 Å². The van der Waals surface area contributed by atoms with Gasteiger partial charge >= 0.3 is 10.3 Å². The Morgan fingerprint density at radius 2 is 0.895 bits per heavy atom. The Balaban J connectivity index is 0.000000540. The Morgan fingerprint density at radius 3 is 1.26 bits per heavy atom. The van der Waals surface area contributed by atoms with Gasteiger partial charge in [-0.3, -0.25) is 0 Å². The molecule has 0 unspecified atom stereocenters. The van der Waals surface area contributed by atoms with Gasteiger partial charge in [-0.15, -0.1) is 10.2 Å². The average molecular weight is 548 g/mol. The SMILES string of the molecule is C[n+]1c(-c2ccccc2)c2ccccn2c1Sc1n2ccccc2c(-c2ccccc2)[n+]1C.[O-][Cl+3]([O-])([O-])[O-]. The maximum Gasteiger partial charge on any atom is 0.335 e. The second-order valence-electron chi connectivity index (χ2n) is 8.50. The summed E-state index contributed by atoms with van der Waals surface area (Å²) in [6.07, 6.45) is 4.30. The van der Waals surface area contributed by atoms with E-state index in [2.05, 4.69) is 141 Å². The molecule has 0 aliphatic heterocycles. The molecule has 6 rings (SSSR count). The first-order valence-corrected chi connectivity index (χ1v) is 13.7. The summed E-state index contributed by atoms with van der Waals surface area (Å²) in [7, 11) is -0.628. The van der Waals surface area contributed by atoms with Crippen LogP contribution in [0.3, 0.4) is 0 Å². The number of hydrogen-bond acceptors (Lipinski definition) is 5. The van der Waals surface area contributed by atoms with Crippen LogP contribution in [0.25, 0.3) is 33.5 Å². The smallest absolute Gasteiger partial charge is 0.222 e. The Labute approximate surface area is 225 Å². The second-order valence-corrected chi connectivity index (χ2v) is 10.2. The molecule has 8 nitrogen and oxygen atoms in total. The third kappa shape index (κ3) is 5.16. The zero-order valence-electron chi connectivity index (χ0n) is 20.6. The van der Waals surface area contributed by atoms with Gasteiger partial charge in [-0.05, 0) is 24.3 Å². The van der Waals surface area contributed by atoms with Gasteiger partial charge < -0.3 is 0 Å². The van der Waals surface area contributed by atoms with Gasteiger partial charge in [0.2, 0.25) is 0 Å². The lowest BCUT2D eigenvalue weighted by Crippen LogP contribution is -2.68.